The first-order valence-electron chi connectivity index (χ1n) is 10.4. The lowest BCUT2D eigenvalue weighted by molar-refractivity contribution is 0.368. The number of rotatable bonds is 15. The highest BCUT2D eigenvalue weighted by Crippen LogP contribution is 2.37. The van der Waals surface area contributed by atoms with E-state index in [0.717, 1.165) is 0 Å². The van der Waals surface area contributed by atoms with Crippen LogP contribution in [0.15, 0.2) is 0 Å². The summed E-state index contributed by atoms with van der Waals surface area (Å²) in [6.07, 6.45) is 21.7. The van der Waals surface area contributed by atoms with E-state index in [1.165, 1.54) is 96.3 Å². The van der Waals surface area contributed by atoms with Crippen molar-refractivity contribution in [2.75, 3.05) is 0 Å². The van der Waals surface area contributed by atoms with Gasteiger partial charge in [-0.25, -0.2) is 0 Å². The zero-order valence-corrected chi connectivity index (χ0v) is 18.3. The average molecular weight is 388 g/mol. The van der Waals surface area contributed by atoms with Crippen molar-refractivity contribution in [3.8, 4) is 0 Å². The van der Waals surface area contributed by atoms with Crippen molar-refractivity contribution in [3.05, 3.63) is 0 Å². The van der Waals surface area contributed by atoms with Gasteiger partial charge in [-0.2, -0.15) is 0 Å². The number of unbranched alkanes of at least 4 members (excludes halogenated alkanes) is 9. The van der Waals surface area contributed by atoms with E-state index in [4.69, 9.17) is 0 Å². The molecule has 0 fully saturated rings. The Balaban J connectivity index is 0. The third kappa shape index (κ3) is 26.6. The lowest BCUT2D eigenvalue weighted by Gasteiger charge is -2.25. The lowest BCUT2D eigenvalue weighted by Crippen LogP contribution is -2.20. The van der Waals surface area contributed by atoms with Gasteiger partial charge in [0.2, 0.25) is 0 Å². The van der Waals surface area contributed by atoms with E-state index in [1.54, 1.807) is 0 Å². The molecular weight excluding hydrogens is 346 g/mol. The van der Waals surface area contributed by atoms with E-state index < -0.39 is 7.25 Å². The number of halogens is 4. The number of hydrogen-bond acceptors (Lipinski definition) is 0. The summed E-state index contributed by atoms with van der Waals surface area (Å²) in [6, 6.07) is 0. The van der Waals surface area contributed by atoms with E-state index in [-0.39, 0.29) is 0 Å². The molecule has 0 aliphatic rings. The minimum Gasteiger partial charge on any atom is -0.418 e. The van der Waals surface area contributed by atoms with E-state index in [2.05, 4.69) is 30.0 Å². The predicted molar refractivity (Wildman–Crippen MR) is 110 cm³/mol. The van der Waals surface area contributed by atoms with Crippen molar-refractivity contribution in [2.24, 2.45) is 0 Å². The molecular formula is C19H42BF4P. The summed E-state index contributed by atoms with van der Waals surface area (Å²) < 4.78 is 39.0. The lowest BCUT2D eigenvalue weighted by atomic mass is 9.88. The molecule has 1 atom stereocenters. The Morgan fingerprint density at radius 3 is 1.00 bits per heavy atom. The maximum atomic E-state index is 9.75. The van der Waals surface area contributed by atoms with E-state index in [1.807, 2.05) is 0 Å². The monoisotopic (exact) mass is 388 g/mol. The van der Waals surface area contributed by atoms with E-state index in [0.29, 0.717) is 5.16 Å². The Morgan fingerprint density at radius 2 is 0.800 bits per heavy atom. The molecule has 0 nitrogen and oxygen atoms in total. The largest absolute Gasteiger partial charge is 0.673 e. The zero-order chi connectivity index (χ0) is 19.6. The molecule has 0 heterocycles. The van der Waals surface area contributed by atoms with Gasteiger partial charge in [0.25, 0.3) is 0 Å². The average Bonchev–Trinajstić information content (AvgIpc) is 2.51. The summed E-state index contributed by atoms with van der Waals surface area (Å²) in [5.41, 5.74) is 0. The minimum absolute atomic E-state index is 0.676. The molecule has 1 unspecified atom stereocenters. The SMILES string of the molecule is CCCCCCC([PH3+])(CCCCCC)CCCCCC.F[B-](F)(F)F. The molecule has 0 aliphatic heterocycles. The van der Waals surface area contributed by atoms with Gasteiger partial charge in [-0.15, -0.1) is 0 Å². The Kier molecular flexibility index (Phi) is 19.3. The van der Waals surface area contributed by atoms with Crippen molar-refractivity contribution in [2.45, 2.75) is 122 Å². The van der Waals surface area contributed by atoms with Gasteiger partial charge in [0.1, 0.15) is 0 Å². The molecule has 0 rings (SSSR count). The van der Waals surface area contributed by atoms with Crippen LogP contribution in [0.3, 0.4) is 0 Å². The second-order valence-corrected chi connectivity index (χ2v) is 8.93. The fourth-order valence-corrected chi connectivity index (χ4v) is 3.91. The fourth-order valence-electron chi connectivity index (χ4n) is 3.16. The predicted octanol–water partition coefficient (Wildman–Crippen LogP) is 8.54. The minimum atomic E-state index is -6.00. The standard InChI is InChI=1S/C19H41P.BF4/c1-4-7-10-13-16-19(20,17-14-11-8-5-2)18-15-12-9-6-3;2-1(3,4)5/h4-18,20H2,1-3H3;/q;-1/p+1. The zero-order valence-electron chi connectivity index (χ0n) is 16.9. The van der Waals surface area contributed by atoms with Gasteiger partial charge < -0.3 is 17.3 Å². The van der Waals surface area contributed by atoms with Gasteiger partial charge in [-0.05, 0) is 47.8 Å². The highest BCUT2D eigenvalue weighted by atomic mass is 31.0. The van der Waals surface area contributed by atoms with E-state index in [9.17, 15) is 17.3 Å². The summed E-state index contributed by atoms with van der Waals surface area (Å²) in [5.74, 6) is 0. The molecule has 0 spiro atoms. The first-order valence-corrected chi connectivity index (χ1v) is 11.1. The number of hydrogen-bond donors (Lipinski definition) is 0. The van der Waals surface area contributed by atoms with Gasteiger partial charge in [0.15, 0.2) is 0 Å². The second-order valence-electron chi connectivity index (χ2n) is 7.43. The van der Waals surface area contributed by atoms with Crippen LogP contribution in [0.1, 0.15) is 117 Å². The molecule has 154 valence electrons. The maximum absolute atomic E-state index is 9.75. The summed E-state index contributed by atoms with van der Waals surface area (Å²) in [7, 11) is -3.65. The molecule has 0 bridgehead atoms. The van der Waals surface area contributed by atoms with Crippen LogP contribution in [-0.2, 0) is 0 Å². The van der Waals surface area contributed by atoms with Gasteiger partial charge in [0.05, 0.1) is 5.16 Å². The first kappa shape index (κ1) is 27.4. The summed E-state index contributed by atoms with van der Waals surface area (Å²) in [5, 5.41) is 0.676. The van der Waals surface area contributed by atoms with Crippen LogP contribution in [-0.4, -0.2) is 12.4 Å². The molecule has 6 heteroatoms. The van der Waals surface area contributed by atoms with Gasteiger partial charge in [-0.1, -0.05) is 78.6 Å². The fraction of sp³-hybridized carbons (Fsp3) is 1.00. The highest BCUT2D eigenvalue weighted by Gasteiger charge is 2.27. The Hall–Kier alpha value is 0.215. The summed E-state index contributed by atoms with van der Waals surface area (Å²) in [6.45, 7) is 6.95. The molecule has 0 amide bonds. The maximum Gasteiger partial charge on any atom is 0.673 e. The Morgan fingerprint density at radius 1 is 0.560 bits per heavy atom. The molecule has 0 aromatic heterocycles. The van der Waals surface area contributed by atoms with E-state index >= 15 is 0 Å². The Bertz CT molecular complexity index is 235. The highest BCUT2D eigenvalue weighted by molar-refractivity contribution is 7.19. The van der Waals surface area contributed by atoms with Crippen molar-refractivity contribution in [1.29, 1.82) is 0 Å². The van der Waals surface area contributed by atoms with Crippen molar-refractivity contribution < 1.29 is 17.3 Å². The van der Waals surface area contributed by atoms with Crippen LogP contribution >= 0.6 is 9.24 Å². The van der Waals surface area contributed by atoms with Crippen LogP contribution in [0.5, 0.6) is 0 Å². The third-order valence-electron chi connectivity index (χ3n) is 4.68. The Labute approximate surface area is 156 Å². The van der Waals surface area contributed by atoms with Crippen LogP contribution in [0.25, 0.3) is 0 Å². The summed E-state index contributed by atoms with van der Waals surface area (Å²) in [4.78, 5) is 0. The first-order chi connectivity index (χ1) is 11.7. The smallest absolute Gasteiger partial charge is 0.418 e. The van der Waals surface area contributed by atoms with Crippen molar-refractivity contribution in [3.63, 3.8) is 0 Å². The molecule has 0 aliphatic carbocycles. The van der Waals surface area contributed by atoms with Crippen molar-refractivity contribution >= 4 is 16.5 Å². The normalized spacial score (nSPS) is 12.1. The molecule has 25 heavy (non-hydrogen) atoms. The van der Waals surface area contributed by atoms with Crippen molar-refractivity contribution in [1.82, 2.24) is 0 Å². The van der Waals surface area contributed by atoms with Crippen LogP contribution in [0.2, 0.25) is 0 Å². The molecule has 0 N–H and O–H groups in total. The molecule has 0 saturated heterocycles. The van der Waals surface area contributed by atoms with Gasteiger partial charge in [0, 0.05) is 0 Å². The van der Waals surface area contributed by atoms with Crippen LogP contribution in [0.4, 0.5) is 17.3 Å². The topological polar surface area (TPSA) is 0 Å². The molecule has 0 radical (unpaired) electrons. The quantitative estimate of drug-likeness (QED) is 0.114. The van der Waals surface area contributed by atoms with Crippen LogP contribution in [0, 0.1) is 0 Å². The second kappa shape index (κ2) is 17.6. The summed E-state index contributed by atoms with van der Waals surface area (Å²) >= 11 is 0. The molecule has 0 aromatic rings. The van der Waals surface area contributed by atoms with Gasteiger partial charge in [-0.3, -0.25) is 0 Å². The molecule has 0 saturated carbocycles. The van der Waals surface area contributed by atoms with Crippen LogP contribution < -0.4 is 0 Å². The molecule has 0 aromatic carbocycles. The third-order valence-corrected chi connectivity index (χ3v) is 5.74. The van der Waals surface area contributed by atoms with Gasteiger partial charge >= 0.3 is 7.25 Å².